The summed E-state index contributed by atoms with van der Waals surface area (Å²) in [4.78, 5) is 14.8. The van der Waals surface area contributed by atoms with Gasteiger partial charge in [-0.15, -0.1) is 0 Å². The number of carboxylic acid groups (broad SMARTS) is 1. The van der Waals surface area contributed by atoms with Gasteiger partial charge in [-0.2, -0.15) is 0 Å². The van der Waals surface area contributed by atoms with E-state index in [0.717, 1.165) is 16.6 Å². The van der Waals surface area contributed by atoms with Crippen molar-refractivity contribution >= 4 is 11.5 Å². The number of benzene rings is 1. The molecule has 4 nitrogen and oxygen atoms in total. The van der Waals surface area contributed by atoms with Crippen molar-refractivity contribution < 1.29 is 9.90 Å². The van der Waals surface area contributed by atoms with Gasteiger partial charge in [-0.3, -0.25) is 0 Å². The lowest BCUT2D eigenvalue weighted by Gasteiger charge is -2.01. The molecule has 3 aromatic rings. The predicted molar refractivity (Wildman–Crippen MR) is 72.3 cm³/mol. The van der Waals surface area contributed by atoms with Crippen LogP contribution in [0.25, 0.3) is 16.6 Å². The zero-order valence-corrected chi connectivity index (χ0v) is 10.4. The van der Waals surface area contributed by atoms with Gasteiger partial charge in [0.15, 0.2) is 5.69 Å². The van der Waals surface area contributed by atoms with E-state index in [-0.39, 0.29) is 5.69 Å². The fraction of sp³-hybridized carbons (Fsp3) is 0.0667. The number of fused-ring (bicyclic) bond motifs is 1. The molecule has 1 N–H and O–H groups in total. The van der Waals surface area contributed by atoms with Gasteiger partial charge in [0.1, 0.15) is 6.33 Å². The van der Waals surface area contributed by atoms with Crippen LogP contribution in [0.15, 0.2) is 48.9 Å². The van der Waals surface area contributed by atoms with Gasteiger partial charge in [0.05, 0.1) is 0 Å². The number of nitrogens with zero attached hydrogens (tertiary/aromatic N) is 2. The molecule has 0 saturated carbocycles. The first kappa shape index (κ1) is 11.5. The van der Waals surface area contributed by atoms with E-state index < -0.39 is 5.97 Å². The van der Waals surface area contributed by atoms with Gasteiger partial charge in [-0.25, -0.2) is 9.78 Å². The van der Waals surface area contributed by atoms with Crippen molar-refractivity contribution in [1.29, 1.82) is 0 Å². The smallest absolute Gasteiger partial charge is 0.354 e. The Hall–Kier alpha value is -2.62. The molecular formula is C15H12N2O2. The molecule has 0 aliphatic heterocycles. The van der Waals surface area contributed by atoms with Crippen molar-refractivity contribution in [3.05, 3.63) is 60.2 Å². The first-order valence-electron chi connectivity index (χ1n) is 5.92. The van der Waals surface area contributed by atoms with Gasteiger partial charge in [0, 0.05) is 17.3 Å². The molecule has 19 heavy (non-hydrogen) atoms. The van der Waals surface area contributed by atoms with Crippen LogP contribution < -0.4 is 0 Å². The van der Waals surface area contributed by atoms with Crippen LogP contribution in [0.2, 0.25) is 0 Å². The van der Waals surface area contributed by atoms with Crippen LogP contribution in [0.4, 0.5) is 0 Å². The summed E-state index contributed by atoms with van der Waals surface area (Å²) < 4.78 is 1.83. The van der Waals surface area contributed by atoms with Crippen LogP contribution in [0.5, 0.6) is 0 Å². The number of carboxylic acids is 1. The van der Waals surface area contributed by atoms with E-state index in [1.165, 1.54) is 11.9 Å². The molecule has 0 fully saturated rings. The lowest BCUT2D eigenvalue weighted by atomic mass is 10.0. The number of carbonyl (C=O) groups is 1. The molecule has 0 saturated heterocycles. The molecule has 2 heterocycles. The second kappa shape index (κ2) is 4.24. The summed E-state index contributed by atoms with van der Waals surface area (Å²) in [6, 6.07) is 11.6. The number of hydrogen-bond donors (Lipinski definition) is 1. The zero-order chi connectivity index (χ0) is 13.4. The first-order valence-corrected chi connectivity index (χ1v) is 5.92. The number of aromatic nitrogens is 2. The lowest BCUT2D eigenvalue weighted by molar-refractivity contribution is 0.0690. The Morgan fingerprint density at radius 2 is 2.05 bits per heavy atom. The first-order chi connectivity index (χ1) is 9.15. The third kappa shape index (κ3) is 1.97. The molecule has 0 spiro atoms. The third-order valence-corrected chi connectivity index (χ3v) is 3.16. The second-order valence-electron chi connectivity index (χ2n) is 4.46. The second-order valence-corrected chi connectivity index (χ2v) is 4.46. The molecule has 0 atom stereocenters. The van der Waals surface area contributed by atoms with Gasteiger partial charge in [0.2, 0.25) is 0 Å². The highest BCUT2D eigenvalue weighted by atomic mass is 16.4. The fourth-order valence-electron chi connectivity index (χ4n) is 2.17. The maximum Gasteiger partial charge on any atom is 0.354 e. The van der Waals surface area contributed by atoms with Crippen molar-refractivity contribution in [2.75, 3.05) is 0 Å². The molecule has 0 aliphatic rings. The topological polar surface area (TPSA) is 54.6 Å². The van der Waals surface area contributed by atoms with E-state index >= 15 is 0 Å². The average molecular weight is 252 g/mol. The average Bonchev–Trinajstić information content (AvgIpc) is 2.81. The highest BCUT2D eigenvalue weighted by Gasteiger charge is 2.08. The van der Waals surface area contributed by atoms with Gasteiger partial charge >= 0.3 is 5.97 Å². The Bertz CT molecular complexity index is 775. The SMILES string of the molecule is Cc1ccccc1-c1cc2cc(C(=O)O)ncn2c1. The van der Waals surface area contributed by atoms with E-state index in [0.29, 0.717) is 0 Å². The summed E-state index contributed by atoms with van der Waals surface area (Å²) in [6.07, 6.45) is 3.48. The van der Waals surface area contributed by atoms with Crippen molar-refractivity contribution in [2.24, 2.45) is 0 Å². The van der Waals surface area contributed by atoms with Crippen molar-refractivity contribution in [3.63, 3.8) is 0 Å². The quantitative estimate of drug-likeness (QED) is 0.762. The van der Waals surface area contributed by atoms with Crippen LogP contribution in [-0.2, 0) is 0 Å². The summed E-state index contributed by atoms with van der Waals surface area (Å²) in [7, 11) is 0. The number of aryl methyl sites for hydroxylation is 1. The van der Waals surface area contributed by atoms with E-state index in [4.69, 9.17) is 5.11 Å². The number of aromatic carboxylic acids is 1. The Morgan fingerprint density at radius 1 is 1.26 bits per heavy atom. The van der Waals surface area contributed by atoms with Crippen LogP contribution in [0.1, 0.15) is 16.1 Å². The predicted octanol–water partition coefficient (Wildman–Crippen LogP) is 3.01. The molecule has 94 valence electrons. The monoisotopic (exact) mass is 252 g/mol. The molecule has 0 aliphatic carbocycles. The van der Waals surface area contributed by atoms with Crippen LogP contribution in [-0.4, -0.2) is 20.5 Å². The third-order valence-electron chi connectivity index (χ3n) is 3.16. The van der Waals surface area contributed by atoms with Crippen LogP contribution in [0, 0.1) is 6.92 Å². The number of hydrogen-bond acceptors (Lipinski definition) is 2. The minimum atomic E-state index is -1.01. The zero-order valence-electron chi connectivity index (χ0n) is 10.4. The maximum atomic E-state index is 10.9. The highest BCUT2D eigenvalue weighted by molar-refractivity contribution is 5.87. The molecule has 0 radical (unpaired) electrons. The molecule has 4 heteroatoms. The lowest BCUT2D eigenvalue weighted by Crippen LogP contribution is -2.00. The van der Waals surface area contributed by atoms with E-state index in [1.54, 1.807) is 6.07 Å². The van der Waals surface area contributed by atoms with Crippen LogP contribution >= 0.6 is 0 Å². The van der Waals surface area contributed by atoms with Crippen LogP contribution in [0.3, 0.4) is 0 Å². The molecule has 0 bridgehead atoms. The van der Waals surface area contributed by atoms with Gasteiger partial charge < -0.3 is 9.51 Å². The normalized spacial score (nSPS) is 10.8. The van der Waals surface area contributed by atoms with Gasteiger partial charge in [-0.1, -0.05) is 24.3 Å². The van der Waals surface area contributed by atoms with E-state index in [1.807, 2.05) is 28.8 Å². The highest BCUT2D eigenvalue weighted by Crippen LogP contribution is 2.25. The Kier molecular flexibility index (Phi) is 2.56. The standard InChI is InChI=1S/C15H12N2O2/c1-10-4-2-3-5-13(10)11-6-12-7-14(15(18)19)16-9-17(12)8-11/h2-9H,1H3,(H,18,19). The van der Waals surface area contributed by atoms with E-state index in [2.05, 4.69) is 24.0 Å². The van der Waals surface area contributed by atoms with Crippen molar-refractivity contribution in [1.82, 2.24) is 9.38 Å². The Balaban J connectivity index is 2.17. The molecule has 2 aromatic heterocycles. The molecular weight excluding hydrogens is 240 g/mol. The maximum absolute atomic E-state index is 10.9. The van der Waals surface area contributed by atoms with E-state index in [9.17, 15) is 4.79 Å². The minimum Gasteiger partial charge on any atom is -0.477 e. The summed E-state index contributed by atoms with van der Waals surface area (Å²) in [5.74, 6) is -1.01. The molecule has 3 rings (SSSR count). The van der Waals surface area contributed by atoms with Crippen molar-refractivity contribution in [2.45, 2.75) is 6.92 Å². The molecule has 0 amide bonds. The van der Waals surface area contributed by atoms with Gasteiger partial charge in [0.25, 0.3) is 0 Å². The largest absolute Gasteiger partial charge is 0.477 e. The Labute approximate surface area is 110 Å². The summed E-state index contributed by atoms with van der Waals surface area (Å²) in [5.41, 5.74) is 4.27. The summed E-state index contributed by atoms with van der Waals surface area (Å²) >= 11 is 0. The molecule has 1 aromatic carbocycles. The number of rotatable bonds is 2. The van der Waals surface area contributed by atoms with Crippen molar-refractivity contribution in [3.8, 4) is 11.1 Å². The summed E-state index contributed by atoms with van der Waals surface area (Å²) in [6.45, 7) is 2.05. The Morgan fingerprint density at radius 3 is 2.79 bits per heavy atom. The fourth-order valence-corrected chi connectivity index (χ4v) is 2.17. The minimum absolute atomic E-state index is 0.0573. The van der Waals surface area contributed by atoms with Gasteiger partial charge in [-0.05, 0) is 30.2 Å². The molecule has 0 unspecified atom stereocenters. The summed E-state index contributed by atoms with van der Waals surface area (Å²) in [5, 5.41) is 8.94.